The molecule has 0 spiro atoms. The number of unbranched alkanes of at least 4 members (excludes halogenated alkanes) is 4. The molecule has 22 heavy (non-hydrogen) atoms. The quantitative estimate of drug-likeness (QED) is 0.546. The molecule has 1 aliphatic rings. The number of carbonyl (C=O) groups excluding carboxylic acids is 1. The van der Waals surface area contributed by atoms with Gasteiger partial charge >= 0.3 is 6.09 Å². The summed E-state index contributed by atoms with van der Waals surface area (Å²) in [5.74, 6) is 0. The summed E-state index contributed by atoms with van der Waals surface area (Å²) in [4.78, 5) is 11.9. The zero-order chi connectivity index (χ0) is 15.6. The average Bonchev–Trinajstić information content (AvgIpc) is 2.54. The van der Waals surface area contributed by atoms with Crippen molar-refractivity contribution in [1.82, 2.24) is 5.32 Å². The van der Waals surface area contributed by atoms with Gasteiger partial charge < -0.3 is 10.1 Å². The summed E-state index contributed by atoms with van der Waals surface area (Å²) in [6.45, 7) is 4.22. The zero-order valence-corrected chi connectivity index (χ0v) is 13.4. The number of hydrogen-bond donors (Lipinski definition) is 1. The van der Waals surface area contributed by atoms with Crippen LogP contribution in [-0.2, 0) is 11.2 Å². The van der Waals surface area contributed by atoms with Gasteiger partial charge in [-0.15, -0.1) is 6.58 Å². The third-order valence-corrected chi connectivity index (χ3v) is 4.20. The second-order valence-electron chi connectivity index (χ2n) is 5.92. The van der Waals surface area contributed by atoms with E-state index in [4.69, 9.17) is 4.74 Å². The van der Waals surface area contributed by atoms with E-state index < -0.39 is 0 Å². The lowest BCUT2D eigenvalue weighted by molar-refractivity contribution is 0.138. The van der Waals surface area contributed by atoms with Crippen LogP contribution in [-0.4, -0.2) is 12.7 Å². The number of benzene rings is 1. The molecule has 0 radical (unpaired) electrons. The molecule has 1 atom stereocenters. The van der Waals surface area contributed by atoms with Crippen molar-refractivity contribution in [2.75, 3.05) is 6.61 Å². The number of rotatable bonds is 8. The smallest absolute Gasteiger partial charge is 0.407 e. The first-order chi connectivity index (χ1) is 10.8. The van der Waals surface area contributed by atoms with Crippen LogP contribution >= 0.6 is 0 Å². The van der Waals surface area contributed by atoms with E-state index in [0.717, 1.165) is 38.5 Å². The Morgan fingerprint density at radius 3 is 2.95 bits per heavy atom. The van der Waals surface area contributed by atoms with Gasteiger partial charge in [0.05, 0.1) is 12.6 Å². The monoisotopic (exact) mass is 301 g/mol. The summed E-state index contributed by atoms with van der Waals surface area (Å²) in [6.07, 6.45) is 10.3. The lowest BCUT2D eigenvalue weighted by Crippen LogP contribution is -2.31. The van der Waals surface area contributed by atoms with E-state index in [9.17, 15) is 4.79 Å². The first kappa shape index (κ1) is 16.6. The van der Waals surface area contributed by atoms with Gasteiger partial charge in [-0.2, -0.15) is 0 Å². The molecule has 0 fully saturated rings. The third-order valence-electron chi connectivity index (χ3n) is 4.20. The molecule has 1 aliphatic carbocycles. The predicted octanol–water partition coefficient (Wildman–Crippen LogP) is 4.93. The Balaban J connectivity index is 1.66. The van der Waals surface area contributed by atoms with Crippen molar-refractivity contribution >= 4 is 6.09 Å². The molecule has 120 valence electrons. The van der Waals surface area contributed by atoms with Crippen LogP contribution in [0, 0.1) is 0 Å². The van der Waals surface area contributed by atoms with Crippen LogP contribution in [0.25, 0.3) is 0 Å². The van der Waals surface area contributed by atoms with E-state index in [2.05, 4.69) is 30.1 Å². The van der Waals surface area contributed by atoms with E-state index >= 15 is 0 Å². The molecule has 3 heteroatoms. The maximum Gasteiger partial charge on any atom is 0.407 e. The van der Waals surface area contributed by atoms with Crippen LogP contribution in [0.15, 0.2) is 36.9 Å². The Labute approximate surface area is 133 Å². The van der Waals surface area contributed by atoms with Crippen LogP contribution in [0.3, 0.4) is 0 Å². The van der Waals surface area contributed by atoms with Crippen molar-refractivity contribution in [3.8, 4) is 0 Å². The third kappa shape index (κ3) is 5.21. The minimum Gasteiger partial charge on any atom is -0.450 e. The van der Waals surface area contributed by atoms with Crippen LogP contribution in [0.2, 0.25) is 0 Å². The number of amides is 1. The summed E-state index contributed by atoms with van der Waals surface area (Å²) in [5.41, 5.74) is 2.59. The second-order valence-corrected chi connectivity index (χ2v) is 5.92. The highest BCUT2D eigenvalue weighted by atomic mass is 16.5. The lowest BCUT2D eigenvalue weighted by atomic mass is 9.88. The first-order valence-electron chi connectivity index (χ1n) is 8.43. The second kappa shape index (κ2) is 9.29. The number of ether oxygens (including phenoxy) is 1. The molecule has 0 saturated heterocycles. The van der Waals surface area contributed by atoms with Gasteiger partial charge in [0.2, 0.25) is 0 Å². The highest BCUT2D eigenvalue weighted by Crippen LogP contribution is 2.29. The van der Waals surface area contributed by atoms with Crippen molar-refractivity contribution in [3.05, 3.63) is 48.0 Å². The van der Waals surface area contributed by atoms with Crippen LogP contribution in [0.4, 0.5) is 4.79 Å². The standard InChI is InChI=1S/C19H27NO2/c1-2-3-4-5-6-9-15-22-19(21)20-18-14-10-12-16-11-7-8-13-17(16)18/h2,7-8,11,13,18H,1,3-6,9-10,12,14-15H2,(H,20,21)/t18-/m0/s1. The van der Waals surface area contributed by atoms with E-state index in [1.165, 1.54) is 24.0 Å². The number of allylic oxidation sites excluding steroid dienone is 1. The van der Waals surface area contributed by atoms with Crippen molar-refractivity contribution in [3.63, 3.8) is 0 Å². The molecule has 1 aromatic rings. The van der Waals surface area contributed by atoms with E-state index in [1.54, 1.807) is 0 Å². The number of fused-ring (bicyclic) bond motifs is 1. The molecular weight excluding hydrogens is 274 g/mol. The summed E-state index contributed by atoms with van der Waals surface area (Å²) in [6, 6.07) is 8.46. The Morgan fingerprint density at radius 1 is 1.27 bits per heavy atom. The molecule has 0 aliphatic heterocycles. The molecule has 0 saturated carbocycles. The molecule has 1 N–H and O–H groups in total. The highest BCUT2D eigenvalue weighted by molar-refractivity contribution is 5.68. The van der Waals surface area contributed by atoms with Gasteiger partial charge in [0.1, 0.15) is 0 Å². The Bertz CT molecular complexity index is 484. The Hall–Kier alpha value is -1.77. The highest BCUT2D eigenvalue weighted by Gasteiger charge is 2.21. The molecule has 1 aromatic carbocycles. The first-order valence-corrected chi connectivity index (χ1v) is 8.43. The SMILES string of the molecule is C=CCCCCCCOC(=O)N[C@H]1CCCc2ccccc21. The topological polar surface area (TPSA) is 38.3 Å². The van der Waals surface area contributed by atoms with Crippen molar-refractivity contribution < 1.29 is 9.53 Å². The predicted molar refractivity (Wildman–Crippen MR) is 89.9 cm³/mol. The van der Waals surface area contributed by atoms with Gasteiger partial charge in [0, 0.05) is 0 Å². The number of aryl methyl sites for hydroxylation is 1. The molecule has 1 amide bonds. The molecule has 0 heterocycles. The van der Waals surface area contributed by atoms with Gasteiger partial charge in [-0.25, -0.2) is 4.79 Å². The van der Waals surface area contributed by atoms with Gasteiger partial charge in [0.15, 0.2) is 0 Å². The molecular formula is C19H27NO2. The number of hydrogen-bond acceptors (Lipinski definition) is 2. The largest absolute Gasteiger partial charge is 0.450 e. The van der Waals surface area contributed by atoms with Gasteiger partial charge in [-0.3, -0.25) is 0 Å². The van der Waals surface area contributed by atoms with Gasteiger partial charge in [-0.05, 0) is 49.7 Å². The van der Waals surface area contributed by atoms with Crippen LogP contribution in [0.1, 0.15) is 62.1 Å². The normalized spacial score (nSPS) is 16.6. The molecule has 0 bridgehead atoms. The fraction of sp³-hybridized carbons (Fsp3) is 0.526. The number of alkyl carbamates (subject to hydrolysis) is 1. The molecule has 2 rings (SSSR count). The van der Waals surface area contributed by atoms with Gasteiger partial charge in [0.25, 0.3) is 0 Å². The minimum absolute atomic E-state index is 0.102. The summed E-state index contributed by atoms with van der Waals surface area (Å²) in [7, 11) is 0. The number of nitrogens with one attached hydrogen (secondary N) is 1. The summed E-state index contributed by atoms with van der Waals surface area (Å²) >= 11 is 0. The number of carbonyl (C=O) groups is 1. The molecule has 3 nitrogen and oxygen atoms in total. The Morgan fingerprint density at radius 2 is 2.09 bits per heavy atom. The molecule has 0 unspecified atom stereocenters. The van der Waals surface area contributed by atoms with E-state index in [1.807, 2.05) is 12.1 Å². The van der Waals surface area contributed by atoms with E-state index in [-0.39, 0.29) is 12.1 Å². The lowest BCUT2D eigenvalue weighted by Gasteiger charge is -2.26. The average molecular weight is 301 g/mol. The Kier molecular flexibility index (Phi) is 7.01. The fourth-order valence-corrected chi connectivity index (χ4v) is 3.00. The fourth-order valence-electron chi connectivity index (χ4n) is 3.00. The van der Waals surface area contributed by atoms with E-state index in [0.29, 0.717) is 6.61 Å². The maximum absolute atomic E-state index is 11.9. The van der Waals surface area contributed by atoms with Crippen LogP contribution in [0.5, 0.6) is 0 Å². The summed E-state index contributed by atoms with van der Waals surface area (Å²) < 4.78 is 5.30. The van der Waals surface area contributed by atoms with Crippen molar-refractivity contribution in [2.24, 2.45) is 0 Å². The van der Waals surface area contributed by atoms with Crippen molar-refractivity contribution in [1.29, 1.82) is 0 Å². The maximum atomic E-state index is 11.9. The van der Waals surface area contributed by atoms with Crippen molar-refractivity contribution in [2.45, 2.75) is 57.4 Å². The summed E-state index contributed by atoms with van der Waals surface area (Å²) in [5, 5.41) is 3.01. The molecule has 0 aromatic heterocycles. The van der Waals surface area contributed by atoms with Crippen LogP contribution < -0.4 is 5.32 Å². The minimum atomic E-state index is -0.284. The zero-order valence-electron chi connectivity index (χ0n) is 13.4. The van der Waals surface area contributed by atoms with Gasteiger partial charge in [-0.1, -0.05) is 43.2 Å².